The second kappa shape index (κ2) is 11.3. The molecule has 0 aromatic rings. The number of carbonyl (C=O) groups is 2. The van der Waals surface area contributed by atoms with Crippen LogP contribution in [0.4, 0.5) is 0 Å². The average Bonchev–Trinajstić information content (AvgIpc) is 2.45. The largest absolute Gasteiger partial charge is 0.550 e. The summed E-state index contributed by atoms with van der Waals surface area (Å²) in [4.78, 5) is 21.3. The Kier molecular flexibility index (Phi) is 10.5. The monoisotopic (exact) mass is 301 g/mol. The number of carbonyl (C=O) groups excluding carboxylic acids is 1. The van der Waals surface area contributed by atoms with Gasteiger partial charge in [0.05, 0.1) is 26.1 Å². The van der Waals surface area contributed by atoms with E-state index in [9.17, 15) is 19.8 Å². The first-order chi connectivity index (χ1) is 9.95. The number of nitrogens with zero attached hydrogens (tertiary/aromatic N) is 1. The van der Waals surface area contributed by atoms with Crippen LogP contribution in [0.2, 0.25) is 0 Å². The topological polar surface area (TPSA) is 97.7 Å². The molecular formula is C15H27NO5. The molecule has 0 heterocycles. The van der Waals surface area contributed by atoms with Gasteiger partial charge >= 0.3 is 5.97 Å². The third-order valence-electron chi connectivity index (χ3n) is 3.52. The molecule has 0 radical (unpaired) electrons. The Bertz CT molecular complexity index is 323. The van der Waals surface area contributed by atoms with E-state index in [1.54, 1.807) is 0 Å². The molecule has 0 aliphatic heterocycles. The summed E-state index contributed by atoms with van der Waals surface area (Å²) in [6.07, 6.45) is 7.68. The molecule has 1 unspecified atom stereocenters. The van der Waals surface area contributed by atoms with Gasteiger partial charge in [-0.2, -0.15) is 0 Å². The molecule has 0 saturated carbocycles. The van der Waals surface area contributed by atoms with Gasteiger partial charge in [0.15, 0.2) is 6.73 Å². The lowest BCUT2D eigenvalue weighted by atomic mass is 10.2. The molecule has 6 heteroatoms. The summed E-state index contributed by atoms with van der Waals surface area (Å²) in [6, 6.07) is 0. The van der Waals surface area contributed by atoms with Crippen LogP contribution in [0.25, 0.3) is 0 Å². The van der Waals surface area contributed by atoms with Gasteiger partial charge in [-0.15, -0.1) is 0 Å². The lowest BCUT2D eigenvalue weighted by Gasteiger charge is -2.36. The van der Waals surface area contributed by atoms with Crippen LogP contribution in [-0.2, 0) is 9.59 Å². The Morgan fingerprint density at radius 2 is 1.71 bits per heavy atom. The van der Waals surface area contributed by atoms with Crippen molar-refractivity contribution in [1.29, 1.82) is 0 Å². The van der Waals surface area contributed by atoms with Crippen LogP contribution in [0.1, 0.15) is 45.4 Å². The number of rotatable bonds is 13. The number of hydrogen-bond acceptors (Lipinski definition) is 4. The van der Waals surface area contributed by atoms with Crippen molar-refractivity contribution in [3.05, 3.63) is 12.2 Å². The number of carboxylic acid groups (broad SMARTS) is 2. The molecule has 0 fully saturated rings. The first kappa shape index (κ1) is 19.6. The van der Waals surface area contributed by atoms with Gasteiger partial charge in [0, 0.05) is 18.8 Å². The van der Waals surface area contributed by atoms with E-state index in [0.29, 0.717) is 6.54 Å². The number of quaternary nitrogens is 1. The van der Waals surface area contributed by atoms with E-state index in [0.717, 1.165) is 25.7 Å². The quantitative estimate of drug-likeness (QED) is 0.223. The smallest absolute Gasteiger partial charge is 0.309 e. The fourth-order valence-corrected chi connectivity index (χ4v) is 2.16. The molecule has 0 aromatic carbocycles. The number of aliphatic carboxylic acids is 2. The molecule has 6 nitrogen and oxygen atoms in total. The van der Waals surface area contributed by atoms with Crippen molar-refractivity contribution < 1.29 is 29.4 Å². The van der Waals surface area contributed by atoms with Crippen molar-refractivity contribution in [2.24, 2.45) is 0 Å². The number of aliphatic hydroxyl groups is 1. The predicted octanol–water partition coefficient (Wildman–Crippen LogP) is 0.504. The minimum absolute atomic E-state index is 0.0840. The number of allylic oxidation sites excluding steroid dienone is 2. The highest BCUT2D eigenvalue weighted by atomic mass is 16.4. The van der Waals surface area contributed by atoms with Crippen molar-refractivity contribution >= 4 is 11.9 Å². The maximum Gasteiger partial charge on any atom is 0.309 e. The number of hydrogen-bond donors (Lipinski definition) is 2. The van der Waals surface area contributed by atoms with Gasteiger partial charge in [-0.05, 0) is 12.8 Å². The molecule has 0 bridgehead atoms. The zero-order valence-corrected chi connectivity index (χ0v) is 12.8. The molecule has 21 heavy (non-hydrogen) atoms. The fourth-order valence-electron chi connectivity index (χ4n) is 2.16. The van der Waals surface area contributed by atoms with Crippen LogP contribution >= 0.6 is 0 Å². The van der Waals surface area contributed by atoms with E-state index in [-0.39, 0.29) is 37.1 Å². The zero-order valence-electron chi connectivity index (χ0n) is 12.8. The lowest BCUT2D eigenvalue weighted by molar-refractivity contribution is -0.944. The van der Waals surface area contributed by atoms with E-state index in [1.165, 1.54) is 0 Å². The molecular weight excluding hydrogens is 274 g/mol. The highest BCUT2D eigenvalue weighted by molar-refractivity contribution is 5.66. The summed E-state index contributed by atoms with van der Waals surface area (Å²) in [7, 11) is 0. The van der Waals surface area contributed by atoms with Crippen LogP contribution < -0.4 is 5.11 Å². The molecule has 122 valence electrons. The van der Waals surface area contributed by atoms with E-state index >= 15 is 0 Å². The first-order valence-corrected chi connectivity index (χ1v) is 7.48. The maximum atomic E-state index is 10.7. The Labute approximate surface area is 126 Å². The SMILES string of the molecule is CCC/C=C/CCC[N+](CO)(CCC(=O)[O-])CCC(=O)O. The lowest BCUT2D eigenvalue weighted by Crippen LogP contribution is -2.52. The van der Waals surface area contributed by atoms with Gasteiger partial charge in [-0.1, -0.05) is 25.5 Å². The molecule has 0 spiro atoms. The van der Waals surface area contributed by atoms with Crippen LogP contribution in [0.5, 0.6) is 0 Å². The summed E-state index contributed by atoms with van der Waals surface area (Å²) in [6.45, 7) is 2.85. The molecule has 0 aliphatic rings. The summed E-state index contributed by atoms with van der Waals surface area (Å²) in [5, 5.41) is 29.0. The normalized spacial score (nSPS) is 14.2. The third kappa shape index (κ3) is 10.0. The van der Waals surface area contributed by atoms with Crippen LogP contribution in [-0.4, -0.2) is 53.0 Å². The van der Waals surface area contributed by atoms with Crippen LogP contribution in [0.15, 0.2) is 12.2 Å². The average molecular weight is 301 g/mol. The highest BCUT2D eigenvalue weighted by Gasteiger charge is 2.26. The van der Waals surface area contributed by atoms with Crippen LogP contribution in [0, 0.1) is 0 Å². The Morgan fingerprint density at radius 3 is 2.24 bits per heavy atom. The maximum absolute atomic E-state index is 10.7. The summed E-state index contributed by atoms with van der Waals surface area (Å²) < 4.78 is 0.0991. The van der Waals surface area contributed by atoms with Gasteiger partial charge in [-0.25, -0.2) is 0 Å². The number of unbranched alkanes of at least 4 members (excludes halogenated alkanes) is 2. The third-order valence-corrected chi connectivity index (χ3v) is 3.52. The standard InChI is InChI=1S/C15H27NO5/c1-2-3-4-5-6-7-10-16(13-17,11-8-14(18)19)12-9-15(20)21/h4-5,17H,2-3,6-13H2,1H3,(H-,18,19,20,21)/b5-4+. The van der Waals surface area contributed by atoms with Gasteiger partial charge in [0.2, 0.25) is 0 Å². The minimum atomic E-state index is -1.18. The highest BCUT2D eigenvalue weighted by Crippen LogP contribution is 2.12. The van der Waals surface area contributed by atoms with Crippen molar-refractivity contribution in [2.45, 2.75) is 45.4 Å². The summed E-state index contributed by atoms with van der Waals surface area (Å²) >= 11 is 0. The molecule has 0 saturated heterocycles. The number of carboxylic acids is 2. The Morgan fingerprint density at radius 1 is 1.10 bits per heavy atom. The van der Waals surface area contributed by atoms with E-state index in [4.69, 9.17) is 5.11 Å². The van der Waals surface area contributed by atoms with Crippen molar-refractivity contribution in [1.82, 2.24) is 0 Å². The summed E-state index contributed by atoms with van der Waals surface area (Å²) in [5.41, 5.74) is 0. The predicted molar refractivity (Wildman–Crippen MR) is 77.1 cm³/mol. The molecule has 0 aliphatic carbocycles. The van der Waals surface area contributed by atoms with Gasteiger partial charge in [0.25, 0.3) is 0 Å². The van der Waals surface area contributed by atoms with Crippen LogP contribution in [0.3, 0.4) is 0 Å². The van der Waals surface area contributed by atoms with Crippen molar-refractivity contribution in [2.75, 3.05) is 26.4 Å². The van der Waals surface area contributed by atoms with Gasteiger partial charge < -0.3 is 24.6 Å². The molecule has 0 amide bonds. The first-order valence-electron chi connectivity index (χ1n) is 7.48. The molecule has 0 rings (SSSR count). The molecule has 2 N–H and O–H groups in total. The minimum Gasteiger partial charge on any atom is -0.550 e. The van der Waals surface area contributed by atoms with Gasteiger partial charge in [0.1, 0.15) is 0 Å². The summed E-state index contributed by atoms with van der Waals surface area (Å²) in [5.74, 6) is -2.12. The van der Waals surface area contributed by atoms with E-state index in [2.05, 4.69) is 19.1 Å². The van der Waals surface area contributed by atoms with E-state index in [1.807, 2.05) is 0 Å². The Balaban J connectivity index is 4.45. The fraction of sp³-hybridized carbons (Fsp3) is 0.733. The van der Waals surface area contributed by atoms with E-state index < -0.39 is 11.9 Å². The molecule has 1 atom stereocenters. The number of aliphatic hydroxyl groups excluding tert-OH is 1. The molecule has 0 aromatic heterocycles. The van der Waals surface area contributed by atoms with Crippen molar-refractivity contribution in [3.8, 4) is 0 Å². The second-order valence-electron chi connectivity index (χ2n) is 5.32. The second-order valence-corrected chi connectivity index (χ2v) is 5.32. The Hall–Kier alpha value is -1.40. The van der Waals surface area contributed by atoms with Crippen molar-refractivity contribution in [3.63, 3.8) is 0 Å². The van der Waals surface area contributed by atoms with Gasteiger partial charge in [-0.3, -0.25) is 4.79 Å². The zero-order chi connectivity index (χ0) is 16.1.